The summed E-state index contributed by atoms with van der Waals surface area (Å²) in [6.45, 7) is 2.15. The van der Waals surface area contributed by atoms with E-state index in [9.17, 15) is 0 Å². The highest BCUT2D eigenvalue weighted by Crippen LogP contribution is 2.43. The molecule has 0 spiro atoms. The van der Waals surface area contributed by atoms with Crippen molar-refractivity contribution in [3.05, 3.63) is 75.3 Å². The van der Waals surface area contributed by atoms with Crippen LogP contribution in [0.25, 0.3) is 6.08 Å². The van der Waals surface area contributed by atoms with Crippen LogP contribution >= 0.6 is 15.9 Å². The van der Waals surface area contributed by atoms with Gasteiger partial charge in [0.05, 0.1) is 0 Å². The monoisotopic (exact) mass is 284 g/mol. The Morgan fingerprint density at radius 1 is 1.00 bits per heavy atom. The zero-order valence-corrected chi connectivity index (χ0v) is 11.2. The summed E-state index contributed by atoms with van der Waals surface area (Å²) in [6.07, 6.45) is 2.23. The lowest BCUT2D eigenvalue weighted by Crippen LogP contribution is -1.98. The van der Waals surface area contributed by atoms with E-state index in [4.69, 9.17) is 0 Å². The van der Waals surface area contributed by atoms with Crippen molar-refractivity contribution in [3.8, 4) is 0 Å². The highest BCUT2D eigenvalue weighted by molar-refractivity contribution is 9.11. The molecule has 2 aromatic carbocycles. The average molecular weight is 285 g/mol. The molecule has 0 bridgehead atoms. The third-order valence-electron chi connectivity index (χ3n) is 3.26. The first kappa shape index (κ1) is 10.8. The second-order valence-corrected chi connectivity index (χ2v) is 5.42. The standard InChI is InChI=1S/C16H13Br/c1-11-7-8-13-10-15(17)16(14(13)9-11)12-5-3-2-4-6-12/h2-10,16H,1H3. The minimum atomic E-state index is 0.367. The van der Waals surface area contributed by atoms with Gasteiger partial charge in [-0.3, -0.25) is 0 Å². The fourth-order valence-electron chi connectivity index (χ4n) is 2.44. The average Bonchev–Trinajstić information content (AvgIpc) is 2.65. The highest BCUT2D eigenvalue weighted by atomic mass is 79.9. The minimum absolute atomic E-state index is 0.367. The number of halogens is 1. The number of rotatable bonds is 1. The van der Waals surface area contributed by atoms with Crippen LogP contribution in [0, 0.1) is 6.92 Å². The van der Waals surface area contributed by atoms with Gasteiger partial charge in [-0.05, 0) is 29.7 Å². The van der Waals surface area contributed by atoms with Crippen LogP contribution in [0.4, 0.5) is 0 Å². The van der Waals surface area contributed by atoms with Gasteiger partial charge in [-0.15, -0.1) is 0 Å². The molecule has 3 rings (SSSR count). The topological polar surface area (TPSA) is 0 Å². The van der Waals surface area contributed by atoms with Gasteiger partial charge in [-0.25, -0.2) is 0 Å². The van der Waals surface area contributed by atoms with Crippen LogP contribution in [-0.4, -0.2) is 0 Å². The Labute approximate surface area is 110 Å². The van der Waals surface area contributed by atoms with Gasteiger partial charge < -0.3 is 0 Å². The SMILES string of the molecule is Cc1ccc2c(c1)C(c1ccccc1)C(Br)=C2. The molecule has 0 amide bonds. The van der Waals surface area contributed by atoms with Gasteiger partial charge in [-0.2, -0.15) is 0 Å². The molecular weight excluding hydrogens is 272 g/mol. The van der Waals surface area contributed by atoms with E-state index in [1.807, 2.05) is 0 Å². The number of benzene rings is 2. The lowest BCUT2D eigenvalue weighted by Gasteiger charge is -2.14. The Balaban J connectivity index is 2.15. The van der Waals surface area contributed by atoms with Crippen LogP contribution < -0.4 is 0 Å². The maximum absolute atomic E-state index is 3.71. The molecule has 0 radical (unpaired) electrons. The molecule has 0 aromatic heterocycles. The summed E-state index contributed by atoms with van der Waals surface area (Å²) < 4.78 is 1.25. The first-order valence-corrected chi connectivity index (χ1v) is 6.57. The van der Waals surface area contributed by atoms with Crippen LogP contribution in [0.15, 0.2) is 53.0 Å². The Morgan fingerprint density at radius 3 is 2.53 bits per heavy atom. The summed E-state index contributed by atoms with van der Waals surface area (Å²) in [7, 11) is 0. The zero-order valence-electron chi connectivity index (χ0n) is 9.65. The Morgan fingerprint density at radius 2 is 1.76 bits per heavy atom. The van der Waals surface area contributed by atoms with E-state index in [2.05, 4.69) is 77.5 Å². The van der Waals surface area contributed by atoms with Gasteiger partial charge in [0.1, 0.15) is 0 Å². The highest BCUT2D eigenvalue weighted by Gasteiger charge is 2.24. The molecule has 84 valence electrons. The van der Waals surface area contributed by atoms with Crippen LogP contribution in [0.2, 0.25) is 0 Å². The van der Waals surface area contributed by atoms with Gasteiger partial charge in [0, 0.05) is 10.4 Å². The molecule has 0 N–H and O–H groups in total. The maximum atomic E-state index is 3.71. The molecule has 1 aliphatic rings. The van der Waals surface area contributed by atoms with Gasteiger partial charge in [-0.1, -0.05) is 70.0 Å². The molecule has 1 aliphatic carbocycles. The van der Waals surface area contributed by atoms with Crippen molar-refractivity contribution in [2.75, 3.05) is 0 Å². The Kier molecular flexibility index (Phi) is 2.64. The first-order valence-electron chi connectivity index (χ1n) is 5.78. The van der Waals surface area contributed by atoms with Crippen molar-refractivity contribution in [2.24, 2.45) is 0 Å². The molecule has 0 saturated heterocycles. The quantitative estimate of drug-likeness (QED) is 0.700. The number of aryl methyl sites for hydroxylation is 1. The normalized spacial score (nSPS) is 17.8. The maximum Gasteiger partial charge on any atom is 0.0412 e. The smallest absolute Gasteiger partial charge is 0.0412 e. The second-order valence-electron chi connectivity index (χ2n) is 4.51. The number of hydrogen-bond donors (Lipinski definition) is 0. The molecule has 1 unspecified atom stereocenters. The van der Waals surface area contributed by atoms with Crippen molar-refractivity contribution in [1.82, 2.24) is 0 Å². The molecule has 0 aliphatic heterocycles. The van der Waals surface area contributed by atoms with Crippen LogP contribution in [0.1, 0.15) is 28.2 Å². The molecule has 0 heterocycles. The van der Waals surface area contributed by atoms with Gasteiger partial charge in [0.25, 0.3) is 0 Å². The summed E-state index contributed by atoms with van der Waals surface area (Å²) in [5, 5.41) is 0. The van der Waals surface area contributed by atoms with Crippen molar-refractivity contribution in [1.29, 1.82) is 0 Å². The van der Waals surface area contributed by atoms with Crippen LogP contribution in [-0.2, 0) is 0 Å². The molecule has 1 atom stereocenters. The van der Waals surface area contributed by atoms with E-state index in [-0.39, 0.29) is 0 Å². The Bertz CT molecular complexity index is 582. The summed E-state index contributed by atoms with van der Waals surface area (Å²) in [5.41, 5.74) is 5.40. The largest absolute Gasteiger partial charge is 0.0622 e. The number of fused-ring (bicyclic) bond motifs is 1. The lowest BCUT2D eigenvalue weighted by molar-refractivity contribution is 1.03. The van der Waals surface area contributed by atoms with E-state index < -0.39 is 0 Å². The van der Waals surface area contributed by atoms with E-state index >= 15 is 0 Å². The van der Waals surface area contributed by atoms with E-state index in [0.29, 0.717) is 5.92 Å². The van der Waals surface area contributed by atoms with Gasteiger partial charge in [0.15, 0.2) is 0 Å². The molecule has 1 heteroatoms. The minimum Gasteiger partial charge on any atom is -0.0622 e. The van der Waals surface area contributed by atoms with E-state index in [1.165, 1.54) is 26.7 Å². The predicted molar refractivity (Wildman–Crippen MR) is 76.4 cm³/mol. The van der Waals surface area contributed by atoms with E-state index in [0.717, 1.165) is 0 Å². The zero-order chi connectivity index (χ0) is 11.8. The van der Waals surface area contributed by atoms with Crippen molar-refractivity contribution >= 4 is 22.0 Å². The molecule has 0 nitrogen and oxygen atoms in total. The molecule has 17 heavy (non-hydrogen) atoms. The van der Waals surface area contributed by atoms with Gasteiger partial charge in [0.2, 0.25) is 0 Å². The summed E-state index contributed by atoms with van der Waals surface area (Å²) >= 11 is 3.71. The van der Waals surface area contributed by atoms with Crippen molar-refractivity contribution in [2.45, 2.75) is 12.8 Å². The molecular formula is C16H13Br. The number of hydrogen-bond acceptors (Lipinski definition) is 0. The van der Waals surface area contributed by atoms with Crippen LogP contribution in [0.5, 0.6) is 0 Å². The fourth-order valence-corrected chi connectivity index (χ4v) is 3.20. The molecule has 0 saturated carbocycles. The number of allylic oxidation sites excluding steroid dienone is 1. The van der Waals surface area contributed by atoms with Crippen LogP contribution in [0.3, 0.4) is 0 Å². The van der Waals surface area contributed by atoms with Gasteiger partial charge >= 0.3 is 0 Å². The third-order valence-corrected chi connectivity index (χ3v) is 3.94. The summed E-state index contributed by atoms with van der Waals surface area (Å²) in [5.74, 6) is 0.367. The predicted octanol–water partition coefficient (Wildman–Crippen LogP) is 4.88. The molecule has 0 fully saturated rings. The van der Waals surface area contributed by atoms with E-state index in [1.54, 1.807) is 0 Å². The second kappa shape index (κ2) is 4.15. The van der Waals surface area contributed by atoms with Crippen molar-refractivity contribution < 1.29 is 0 Å². The summed E-state index contributed by atoms with van der Waals surface area (Å²) in [6, 6.07) is 17.3. The lowest BCUT2D eigenvalue weighted by atomic mass is 9.92. The molecule has 2 aromatic rings. The Hall–Kier alpha value is -1.34. The van der Waals surface area contributed by atoms with Crippen molar-refractivity contribution in [3.63, 3.8) is 0 Å². The fraction of sp³-hybridized carbons (Fsp3) is 0.125. The third kappa shape index (κ3) is 1.85. The first-order chi connectivity index (χ1) is 8.25. The summed E-state index contributed by atoms with van der Waals surface area (Å²) in [4.78, 5) is 0.